The summed E-state index contributed by atoms with van der Waals surface area (Å²) in [6.45, 7) is 10.7. The van der Waals surface area contributed by atoms with Crippen LogP contribution in [-0.4, -0.2) is 15.2 Å². The Labute approximate surface area is 154 Å². The van der Waals surface area contributed by atoms with Crippen LogP contribution in [0.1, 0.15) is 37.5 Å². The summed E-state index contributed by atoms with van der Waals surface area (Å²) >= 11 is 0. The van der Waals surface area contributed by atoms with Crippen molar-refractivity contribution in [3.8, 4) is 0 Å². The van der Waals surface area contributed by atoms with E-state index < -0.39 is 0 Å². The van der Waals surface area contributed by atoms with Gasteiger partial charge in [0.15, 0.2) is 5.82 Å². The van der Waals surface area contributed by atoms with Crippen molar-refractivity contribution in [2.24, 2.45) is 0 Å². The highest BCUT2D eigenvalue weighted by Crippen LogP contribution is 2.30. The molecule has 0 atom stereocenters. The number of hydrogen-bond donors (Lipinski definition) is 2. The quantitative estimate of drug-likeness (QED) is 0.673. The van der Waals surface area contributed by atoms with Gasteiger partial charge in [0.25, 0.3) is 0 Å². The second-order valence-electron chi connectivity index (χ2n) is 7.48. The number of aromatic nitrogens is 3. The highest BCUT2D eigenvalue weighted by molar-refractivity contribution is 5.65. The van der Waals surface area contributed by atoms with Gasteiger partial charge in [0.1, 0.15) is 0 Å². The van der Waals surface area contributed by atoms with Crippen molar-refractivity contribution < 1.29 is 0 Å². The van der Waals surface area contributed by atoms with E-state index in [0.29, 0.717) is 11.8 Å². The third kappa shape index (κ3) is 3.99. The van der Waals surface area contributed by atoms with Crippen molar-refractivity contribution in [2.75, 3.05) is 10.6 Å². The maximum Gasteiger partial charge on any atom is 0.249 e. The van der Waals surface area contributed by atoms with Crippen LogP contribution in [0.5, 0.6) is 0 Å². The van der Waals surface area contributed by atoms with Crippen LogP contribution in [0, 0.1) is 13.8 Å². The molecular formula is C21H25N5. The summed E-state index contributed by atoms with van der Waals surface area (Å²) in [6, 6.07) is 14.4. The van der Waals surface area contributed by atoms with Gasteiger partial charge < -0.3 is 10.6 Å². The molecule has 2 N–H and O–H groups in total. The summed E-state index contributed by atoms with van der Waals surface area (Å²) in [6.07, 6.45) is 1.63. The fourth-order valence-corrected chi connectivity index (χ4v) is 2.92. The van der Waals surface area contributed by atoms with E-state index in [1.807, 2.05) is 24.3 Å². The fraction of sp³-hybridized carbons (Fsp3) is 0.286. The number of benzene rings is 2. The Hall–Kier alpha value is -2.95. The number of aryl methyl sites for hydroxylation is 2. The first-order chi connectivity index (χ1) is 12.3. The van der Waals surface area contributed by atoms with Crippen LogP contribution >= 0.6 is 0 Å². The number of nitrogens with zero attached hydrogens (tertiary/aromatic N) is 3. The van der Waals surface area contributed by atoms with Gasteiger partial charge in [-0.25, -0.2) is 0 Å². The molecule has 134 valence electrons. The van der Waals surface area contributed by atoms with E-state index in [0.717, 1.165) is 22.5 Å². The lowest BCUT2D eigenvalue weighted by Crippen LogP contribution is -2.14. The lowest BCUT2D eigenvalue weighted by molar-refractivity contribution is 0.592. The third-order valence-corrected chi connectivity index (χ3v) is 4.27. The Morgan fingerprint density at radius 1 is 0.846 bits per heavy atom. The van der Waals surface area contributed by atoms with E-state index >= 15 is 0 Å². The van der Waals surface area contributed by atoms with Gasteiger partial charge in [0, 0.05) is 11.4 Å². The zero-order chi connectivity index (χ0) is 18.7. The topological polar surface area (TPSA) is 62.7 Å². The second-order valence-corrected chi connectivity index (χ2v) is 7.48. The van der Waals surface area contributed by atoms with Crippen LogP contribution in [0.3, 0.4) is 0 Å². The highest BCUT2D eigenvalue weighted by Gasteiger charge is 2.18. The standard InChI is InChI=1S/C21H25N5/c1-14-9-8-10-15(2)19(14)24-18-13-22-26-20(25-18)23-17-12-7-6-11-16(17)21(3,4)5/h6-13H,1-5H3,(H2,23,24,25,26). The molecule has 1 heterocycles. The summed E-state index contributed by atoms with van der Waals surface area (Å²) in [7, 11) is 0. The van der Waals surface area contributed by atoms with Gasteiger partial charge in [-0.3, -0.25) is 0 Å². The Bertz CT molecular complexity index is 892. The van der Waals surface area contributed by atoms with E-state index in [1.165, 1.54) is 5.56 Å². The van der Waals surface area contributed by atoms with E-state index in [9.17, 15) is 0 Å². The van der Waals surface area contributed by atoms with Crippen LogP contribution < -0.4 is 10.6 Å². The molecular weight excluding hydrogens is 322 g/mol. The maximum absolute atomic E-state index is 4.57. The van der Waals surface area contributed by atoms with Crippen LogP contribution in [0.25, 0.3) is 0 Å². The molecule has 0 unspecified atom stereocenters. The Morgan fingerprint density at radius 3 is 2.23 bits per heavy atom. The van der Waals surface area contributed by atoms with E-state index in [-0.39, 0.29) is 5.41 Å². The monoisotopic (exact) mass is 347 g/mol. The van der Waals surface area contributed by atoms with Crippen LogP contribution in [0.2, 0.25) is 0 Å². The van der Waals surface area contributed by atoms with Gasteiger partial charge in [-0.15, -0.1) is 5.10 Å². The first kappa shape index (κ1) is 17.9. The first-order valence-electron chi connectivity index (χ1n) is 8.74. The maximum atomic E-state index is 4.57. The van der Waals surface area contributed by atoms with Crippen molar-refractivity contribution in [3.63, 3.8) is 0 Å². The Morgan fingerprint density at radius 2 is 1.54 bits per heavy atom. The van der Waals surface area contributed by atoms with Gasteiger partial charge in [-0.2, -0.15) is 10.1 Å². The van der Waals surface area contributed by atoms with Crippen LogP contribution in [-0.2, 0) is 5.41 Å². The molecule has 0 saturated heterocycles. The highest BCUT2D eigenvalue weighted by atomic mass is 15.3. The minimum Gasteiger partial charge on any atom is -0.338 e. The predicted molar refractivity (Wildman–Crippen MR) is 107 cm³/mol. The van der Waals surface area contributed by atoms with Gasteiger partial charge in [-0.05, 0) is 42.0 Å². The van der Waals surface area contributed by atoms with Gasteiger partial charge in [0.2, 0.25) is 5.95 Å². The molecule has 5 heteroatoms. The van der Waals surface area contributed by atoms with Crippen molar-refractivity contribution >= 4 is 23.1 Å². The number of nitrogens with one attached hydrogen (secondary N) is 2. The summed E-state index contributed by atoms with van der Waals surface area (Å²) in [5.41, 5.74) is 5.59. The van der Waals surface area contributed by atoms with Crippen molar-refractivity contribution in [1.29, 1.82) is 0 Å². The first-order valence-corrected chi connectivity index (χ1v) is 8.74. The normalized spacial score (nSPS) is 11.3. The summed E-state index contributed by atoms with van der Waals surface area (Å²) in [5, 5.41) is 14.9. The van der Waals surface area contributed by atoms with E-state index in [1.54, 1.807) is 6.20 Å². The van der Waals surface area contributed by atoms with Crippen molar-refractivity contribution in [1.82, 2.24) is 15.2 Å². The number of anilines is 4. The fourth-order valence-electron chi connectivity index (χ4n) is 2.92. The molecule has 0 bridgehead atoms. The zero-order valence-electron chi connectivity index (χ0n) is 16.0. The molecule has 0 aliphatic heterocycles. The average molecular weight is 347 g/mol. The summed E-state index contributed by atoms with van der Waals surface area (Å²) in [5.74, 6) is 1.13. The molecule has 5 nitrogen and oxygen atoms in total. The summed E-state index contributed by atoms with van der Waals surface area (Å²) in [4.78, 5) is 4.57. The molecule has 2 aromatic carbocycles. The minimum absolute atomic E-state index is 0.0190. The number of para-hydroxylation sites is 2. The molecule has 1 aromatic heterocycles. The lowest BCUT2D eigenvalue weighted by atomic mass is 9.86. The van der Waals surface area contributed by atoms with E-state index in [4.69, 9.17) is 0 Å². The Kier molecular flexibility index (Phi) is 4.89. The molecule has 0 fully saturated rings. The molecule has 26 heavy (non-hydrogen) atoms. The predicted octanol–water partition coefficient (Wildman–Crippen LogP) is 5.27. The smallest absolute Gasteiger partial charge is 0.249 e. The molecule has 0 spiro atoms. The zero-order valence-corrected chi connectivity index (χ0v) is 16.0. The largest absolute Gasteiger partial charge is 0.338 e. The molecule has 0 aliphatic carbocycles. The average Bonchev–Trinajstić information content (AvgIpc) is 2.58. The van der Waals surface area contributed by atoms with Gasteiger partial charge in [-0.1, -0.05) is 57.2 Å². The van der Waals surface area contributed by atoms with Crippen LogP contribution in [0.4, 0.5) is 23.1 Å². The molecule has 3 rings (SSSR count). The van der Waals surface area contributed by atoms with Crippen molar-refractivity contribution in [2.45, 2.75) is 40.0 Å². The van der Waals surface area contributed by atoms with Crippen molar-refractivity contribution in [3.05, 3.63) is 65.4 Å². The summed E-state index contributed by atoms with van der Waals surface area (Å²) < 4.78 is 0. The lowest BCUT2D eigenvalue weighted by Gasteiger charge is -2.23. The molecule has 0 radical (unpaired) electrons. The molecule has 0 saturated carbocycles. The number of rotatable bonds is 4. The molecule has 0 amide bonds. The molecule has 0 aliphatic rings. The minimum atomic E-state index is 0.0190. The van der Waals surface area contributed by atoms with E-state index in [2.05, 4.69) is 78.6 Å². The Balaban J connectivity index is 1.87. The van der Waals surface area contributed by atoms with Gasteiger partial charge in [0.05, 0.1) is 6.20 Å². The SMILES string of the molecule is Cc1cccc(C)c1Nc1cnnc(Nc2ccccc2C(C)(C)C)n1. The third-order valence-electron chi connectivity index (χ3n) is 4.27. The van der Waals surface area contributed by atoms with Crippen LogP contribution in [0.15, 0.2) is 48.7 Å². The second kappa shape index (κ2) is 7.12. The molecule has 3 aromatic rings. The number of hydrogen-bond acceptors (Lipinski definition) is 5. The van der Waals surface area contributed by atoms with Gasteiger partial charge >= 0.3 is 0 Å².